The molecule has 0 aromatic heterocycles. The number of carbonyl (C=O) groups excluding carboxylic acids is 1. The fraction of sp³-hybridized carbons (Fsp3) is 0.864. The molecule has 0 bridgehead atoms. The monoisotopic (exact) mass is 396 g/mol. The van der Waals surface area contributed by atoms with Gasteiger partial charge in [0.2, 0.25) is 0 Å². The summed E-state index contributed by atoms with van der Waals surface area (Å²) in [6.07, 6.45) is 8.34. The molecule has 3 fully saturated rings. The van der Waals surface area contributed by atoms with Gasteiger partial charge >= 0.3 is 5.97 Å². The number of aliphatic hydroxyl groups excluding tert-OH is 1. The minimum atomic E-state index is -0.484. The smallest absolute Gasteiger partial charge is 0.332 e. The first kappa shape index (κ1) is 21.8. The van der Waals surface area contributed by atoms with E-state index in [4.69, 9.17) is 18.9 Å². The topological polar surface area (TPSA) is 74.2 Å². The summed E-state index contributed by atoms with van der Waals surface area (Å²) in [5, 5.41) is 9.95. The van der Waals surface area contributed by atoms with Gasteiger partial charge in [-0.1, -0.05) is 11.6 Å². The van der Waals surface area contributed by atoms with E-state index in [1.807, 2.05) is 20.8 Å². The Bertz CT molecular complexity index is 546. The van der Waals surface area contributed by atoms with Crippen molar-refractivity contribution in [1.82, 2.24) is 0 Å². The van der Waals surface area contributed by atoms with E-state index in [1.54, 1.807) is 0 Å². The molecule has 160 valence electrons. The largest absolute Gasteiger partial charge is 0.458 e. The number of fused-ring (bicyclic) bond motifs is 1. The molecule has 1 saturated heterocycles. The van der Waals surface area contributed by atoms with Crippen LogP contribution in [0.5, 0.6) is 0 Å². The van der Waals surface area contributed by atoms with Crippen LogP contribution >= 0.6 is 0 Å². The summed E-state index contributed by atoms with van der Waals surface area (Å²) in [4.78, 5) is 11.7. The van der Waals surface area contributed by atoms with Gasteiger partial charge in [-0.2, -0.15) is 0 Å². The van der Waals surface area contributed by atoms with Crippen LogP contribution in [0.2, 0.25) is 0 Å². The second kappa shape index (κ2) is 9.70. The molecule has 6 nitrogen and oxygen atoms in total. The first-order valence-electron chi connectivity index (χ1n) is 10.7. The number of aliphatic hydroxyl groups is 1. The lowest BCUT2D eigenvalue weighted by Gasteiger charge is -2.29. The Kier molecular flexibility index (Phi) is 7.54. The molecule has 0 aromatic rings. The van der Waals surface area contributed by atoms with Gasteiger partial charge in [-0.25, -0.2) is 4.79 Å². The van der Waals surface area contributed by atoms with Gasteiger partial charge in [-0.15, -0.1) is 0 Å². The van der Waals surface area contributed by atoms with Gasteiger partial charge in [0.05, 0.1) is 12.7 Å². The van der Waals surface area contributed by atoms with E-state index in [-0.39, 0.29) is 37.5 Å². The van der Waals surface area contributed by atoms with E-state index in [9.17, 15) is 9.90 Å². The molecule has 0 amide bonds. The minimum Gasteiger partial charge on any atom is -0.458 e. The van der Waals surface area contributed by atoms with E-state index in [0.717, 1.165) is 45.1 Å². The molecule has 1 heterocycles. The van der Waals surface area contributed by atoms with Crippen LogP contribution in [-0.4, -0.2) is 55.5 Å². The highest BCUT2D eigenvalue weighted by Crippen LogP contribution is 2.51. The second-order valence-electron chi connectivity index (χ2n) is 9.35. The molecule has 28 heavy (non-hydrogen) atoms. The molecular weight excluding hydrogens is 360 g/mol. The van der Waals surface area contributed by atoms with Crippen molar-refractivity contribution in [3.05, 3.63) is 11.6 Å². The normalized spacial score (nSPS) is 34.6. The van der Waals surface area contributed by atoms with Gasteiger partial charge in [-0.3, -0.25) is 0 Å². The molecule has 5 atom stereocenters. The van der Waals surface area contributed by atoms with E-state index in [2.05, 4.69) is 6.08 Å². The summed E-state index contributed by atoms with van der Waals surface area (Å²) in [5.41, 5.74) is 0.882. The van der Waals surface area contributed by atoms with Crippen LogP contribution < -0.4 is 0 Å². The third kappa shape index (κ3) is 6.02. The maximum Gasteiger partial charge on any atom is 0.332 e. The predicted molar refractivity (Wildman–Crippen MR) is 105 cm³/mol. The summed E-state index contributed by atoms with van der Waals surface area (Å²) < 4.78 is 22.6. The highest BCUT2D eigenvalue weighted by atomic mass is 16.7. The van der Waals surface area contributed by atoms with Gasteiger partial charge in [-0.05, 0) is 71.1 Å². The van der Waals surface area contributed by atoms with Crippen LogP contribution in [0.15, 0.2) is 11.6 Å². The Balaban J connectivity index is 1.42. The molecule has 3 aliphatic rings. The van der Waals surface area contributed by atoms with Crippen LogP contribution in [0.1, 0.15) is 59.3 Å². The van der Waals surface area contributed by atoms with Crippen molar-refractivity contribution in [2.45, 2.75) is 77.3 Å². The van der Waals surface area contributed by atoms with Gasteiger partial charge in [0, 0.05) is 19.1 Å². The third-order valence-corrected chi connectivity index (χ3v) is 6.00. The molecule has 2 aliphatic carbocycles. The van der Waals surface area contributed by atoms with Gasteiger partial charge in [0.15, 0.2) is 6.29 Å². The fourth-order valence-corrected chi connectivity index (χ4v) is 4.83. The zero-order chi connectivity index (χ0) is 20.1. The molecule has 1 unspecified atom stereocenters. The summed E-state index contributed by atoms with van der Waals surface area (Å²) in [7, 11) is 0. The first-order chi connectivity index (χ1) is 13.4. The SMILES string of the molecule is CC(C)(C)OC(=O)COC/C=C1\C[C@H]2C[C@@H](OC3CCCCO3)[C@H](CO)[C@H]2C1. The highest BCUT2D eigenvalue weighted by molar-refractivity contribution is 5.71. The zero-order valence-corrected chi connectivity index (χ0v) is 17.5. The van der Waals surface area contributed by atoms with Crippen LogP contribution in [0, 0.1) is 17.8 Å². The molecule has 1 N–H and O–H groups in total. The number of rotatable bonds is 7. The van der Waals surface area contributed by atoms with Crippen molar-refractivity contribution in [3.63, 3.8) is 0 Å². The van der Waals surface area contributed by atoms with E-state index in [0.29, 0.717) is 18.4 Å². The molecule has 1 aliphatic heterocycles. The average molecular weight is 397 g/mol. The van der Waals surface area contributed by atoms with Crippen molar-refractivity contribution in [1.29, 1.82) is 0 Å². The number of hydrogen-bond acceptors (Lipinski definition) is 6. The minimum absolute atomic E-state index is 0.0233. The van der Waals surface area contributed by atoms with Crippen LogP contribution in [0.4, 0.5) is 0 Å². The van der Waals surface area contributed by atoms with Gasteiger partial charge < -0.3 is 24.1 Å². The summed E-state index contributed by atoms with van der Waals surface area (Å²) in [6, 6.07) is 0. The Morgan fingerprint density at radius 2 is 2.11 bits per heavy atom. The molecule has 0 spiro atoms. The Hall–Kier alpha value is -0.950. The zero-order valence-electron chi connectivity index (χ0n) is 17.5. The first-order valence-corrected chi connectivity index (χ1v) is 10.7. The third-order valence-electron chi connectivity index (χ3n) is 6.00. The van der Waals surface area contributed by atoms with E-state index in [1.165, 1.54) is 5.57 Å². The fourth-order valence-electron chi connectivity index (χ4n) is 4.83. The second-order valence-corrected chi connectivity index (χ2v) is 9.35. The molecule has 6 heteroatoms. The van der Waals surface area contributed by atoms with Crippen LogP contribution in [0.3, 0.4) is 0 Å². The van der Waals surface area contributed by atoms with E-state index >= 15 is 0 Å². The lowest BCUT2D eigenvalue weighted by molar-refractivity contribution is -0.198. The Labute approximate surface area is 168 Å². The van der Waals surface area contributed by atoms with Gasteiger partial charge in [0.1, 0.15) is 12.2 Å². The number of allylic oxidation sites excluding steroid dienone is 1. The van der Waals surface area contributed by atoms with Crippen molar-refractivity contribution < 1.29 is 28.8 Å². The molecule has 2 saturated carbocycles. The Morgan fingerprint density at radius 1 is 1.29 bits per heavy atom. The van der Waals surface area contributed by atoms with E-state index < -0.39 is 5.60 Å². The molecular formula is C22H36O6. The Morgan fingerprint density at radius 3 is 2.79 bits per heavy atom. The van der Waals surface area contributed by atoms with Crippen LogP contribution in [0.25, 0.3) is 0 Å². The van der Waals surface area contributed by atoms with Crippen LogP contribution in [-0.2, 0) is 23.7 Å². The molecule has 0 aromatic carbocycles. The lowest BCUT2D eigenvalue weighted by atomic mass is 9.92. The summed E-state index contributed by atoms with van der Waals surface area (Å²) in [6.45, 7) is 6.89. The average Bonchev–Trinajstić information content (AvgIpc) is 3.14. The van der Waals surface area contributed by atoms with Crippen molar-refractivity contribution in [3.8, 4) is 0 Å². The number of ether oxygens (including phenoxy) is 4. The lowest BCUT2D eigenvalue weighted by Crippen LogP contribution is -2.32. The predicted octanol–water partition coefficient (Wildman–Crippen LogP) is 3.22. The number of hydrogen-bond donors (Lipinski definition) is 1. The molecule has 3 rings (SSSR count). The maximum absolute atomic E-state index is 11.7. The maximum atomic E-state index is 11.7. The standard InChI is InChI=1S/C22H36O6/c1-22(2,3)28-20(24)14-25-9-7-15-10-16-12-19(18(13-23)17(16)11-15)27-21-6-4-5-8-26-21/h7,16-19,21,23H,4-6,8-14H2,1-3H3/b15-7+/t16-,17-,18+,19+,21?/m0/s1. The quantitative estimate of drug-likeness (QED) is 0.405. The van der Waals surface area contributed by atoms with Crippen molar-refractivity contribution >= 4 is 5.97 Å². The summed E-state index contributed by atoms with van der Waals surface area (Å²) in [5.74, 6) is 0.877. The van der Waals surface area contributed by atoms with Crippen molar-refractivity contribution in [2.75, 3.05) is 26.4 Å². The van der Waals surface area contributed by atoms with Gasteiger partial charge in [0.25, 0.3) is 0 Å². The highest BCUT2D eigenvalue weighted by Gasteiger charge is 2.47. The van der Waals surface area contributed by atoms with Crippen molar-refractivity contribution in [2.24, 2.45) is 17.8 Å². The summed E-state index contributed by atoms with van der Waals surface area (Å²) >= 11 is 0. The number of esters is 1. The molecule has 0 radical (unpaired) electrons. The number of carbonyl (C=O) groups is 1.